The van der Waals surface area contributed by atoms with Gasteiger partial charge in [-0.15, -0.1) is 0 Å². The Morgan fingerprint density at radius 2 is 1.60 bits per heavy atom. The van der Waals surface area contributed by atoms with Crippen LogP contribution in [0, 0.1) is 0 Å². The molecule has 0 aliphatic heterocycles. The molecule has 0 radical (unpaired) electrons. The SMILES string of the molecule is CCC(F)(F)CNNCCCC(F)(F)F. The second-order valence-corrected chi connectivity index (χ2v) is 3.21. The minimum Gasteiger partial charge on any atom is -0.258 e. The minimum atomic E-state index is -4.19. The van der Waals surface area contributed by atoms with E-state index in [0.717, 1.165) is 0 Å². The Morgan fingerprint density at radius 3 is 2.07 bits per heavy atom. The zero-order valence-corrected chi connectivity index (χ0v) is 8.43. The second kappa shape index (κ2) is 6.22. The van der Waals surface area contributed by atoms with Gasteiger partial charge < -0.3 is 0 Å². The molecule has 0 heterocycles. The first-order valence-corrected chi connectivity index (χ1v) is 4.67. The Kier molecular flexibility index (Phi) is 6.04. The fourth-order valence-corrected chi connectivity index (χ4v) is 0.782. The summed E-state index contributed by atoms with van der Waals surface area (Å²) in [6.07, 6.45) is -5.53. The zero-order chi connectivity index (χ0) is 11.9. The molecule has 0 aliphatic rings. The smallest absolute Gasteiger partial charge is 0.258 e. The maximum absolute atomic E-state index is 12.6. The molecular weight excluding hydrogens is 219 g/mol. The number of hydrogen-bond donors (Lipinski definition) is 2. The lowest BCUT2D eigenvalue weighted by Gasteiger charge is -2.15. The van der Waals surface area contributed by atoms with Crippen LogP contribution < -0.4 is 10.9 Å². The lowest BCUT2D eigenvalue weighted by Crippen LogP contribution is -2.41. The molecule has 15 heavy (non-hydrogen) atoms. The summed E-state index contributed by atoms with van der Waals surface area (Å²) >= 11 is 0. The van der Waals surface area contributed by atoms with E-state index in [1.165, 1.54) is 6.92 Å². The Labute approximate surface area is 85.2 Å². The molecule has 7 heteroatoms. The number of rotatable bonds is 7. The van der Waals surface area contributed by atoms with Crippen molar-refractivity contribution in [2.45, 2.75) is 38.3 Å². The van der Waals surface area contributed by atoms with Crippen molar-refractivity contribution >= 4 is 0 Å². The monoisotopic (exact) mass is 234 g/mol. The predicted octanol–water partition coefficient (Wildman–Crippen LogP) is 2.47. The normalized spacial score (nSPS) is 13.2. The highest BCUT2D eigenvalue weighted by molar-refractivity contribution is 4.65. The van der Waals surface area contributed by atoms with Gasteiger partial charge in [-0.05, 0) is 6.42 Å². The van der Waals surface area contributed by atoms with Gasteiger partial charge in [0, 0.05) is 19.4 Å². The summed E-state index contributed by atoms with van der Waals surface area (Å²) < 4.78 is 60.1. The van der Waals surface area contributed by atoms with Crippen LogP contribution in [0.5, 0.6) is 0 Å². The molecule has 2 nitrogen and oxygen atoms in total. The fraction of sp³-hybridized carbons (Fsp3) is 1.00. The van der Waals surface area contributed by atoms with Gasteiger partial charge in [-0.1, -0.05) is 6.92 Å². The fourth-order valence-electron chi connectivity index (χ4n) is 0.782. The third-order valence-corrected chi connectivity index (χ3v) is 1.75. The molecule has 2 N–H and O–H groups in total. The Morgan fingerprint density at radius 1 is 1.00 bits per heavy atom. The van der Waals surface area contributed by atoms with Crippen LogP contribution in [-0.4, -0.2) is 25.2 Å². The van der Waals surface area contributed by atoms with Crippen molar-refractivity contribution in [2.75, 3.05) is 13.1 Å². The first-order chi connectivity index (χ1) is 6.77. The molecule has 0 aromatic heterocycles. The number of hydrogen-bond acceptors (Lipinski definition) is 2. The molecule has 0 spiro atoms. The summed E-state index contributed by atoms with van der Waals surface area (Å²) in [6.45, 7) is 0.778. The molecule has 0 amide bonds. The van der Waals surface area contributed by atoms with Gasteiger partial charge in [0.1, 0.15) is 0 Å². The Bertz CT molecular complexity index is 169. The zero-order valence-electron chi connectivity index (χ0n) is 8.43. The standard InChI is InChI=1S/C8H15F5N2/c1-2-7(9,10)6-15-14-5-3-4-8(11,12)13/h14-15H,2-6H2,1H3. The molecule has 0 aromatic rings. The van der Waals surface area contributed by atoms with Gasteiger partial charge in [0.05, 0.1) is 6.54 Å². The third-order valence-electron chi connectivity index (χ3n) is 1.75. The van der Waals surface area contributed by atoms with Gasteiger partial charge >= 0.3 is 6.18 Å². The van der Waals surface area contributed by atoms with E-state index in [9.17, 15) is 22.0 Å². The second-order valence-electron chi connectivity index (χ2n) is 3.21. The molecule has 92 valence electrons. The number of halogens is 5. The molecule has 0 unspecified atom stereocenters. The summed E-state index contributed by atoms with van der Waals surface area (Å²) in [7, 11) is 0. The Balaban J connectivity index is 3.33. The minimum absolute atomic E-state index is 0.0132. The maximum atomic E-state index is 12.6. The number of nitrogens with one attached hydrogen (secondary N) is 2. The predicted molar refractivity (Wildman–Crippen MR) is 46.5 cm³/mol. The first-order valence-electron chi connectivity index (χ1n) is 4.67. The van der Waals surface area contributed by atoms with Gasteiger partial charge in [0.15, 0.2) is 0 Å². The molecule has 0 saturated heterocycles. The largest absolute Gasteiger partial charge is 0.389 e. The van der Waals surface area contributed by atoms with Crippen LogP contribution in [0.4, 0.5) is 22.0 Å². The van der Waals surface area contributed by atoms with E-state index in [-0.39, 0.29) is 19.4 Å². The van der Waals surface area contributed by atoms with E-state index < -0.39 is 25.1 Å². The molecule has 0 fully saturated rings. The van der Waals surface area contributed by atoms with Gasteiger partial charge in [-0.25, -0.2) is 8.78 Å². The van der Waals surface area contributed by atoms with Crippen molar-refractivity contribution in [3.05, 3.63) is 0 Å². The van der Waals surface area contributed by atoms with Gasteiger partial charge in [0.25, 0.3) is 5.92 Å². The van der Waals surface area contributed by atoms with E-state index in [0.29, 0.717) is 0 Å². The van der Waals surface area contributed by atoms with E-state index in [1.54, 1.807) is 0 Å². The van der Waals surface area contributed by atoms with Crippen molar-refractivity contribution < 1.29 is 22.0 Å². The van der Waals surface area contributed by atoms with Crippen LogP contribution in [-0.2, 0) is 0 Å². The van der Waals surface area contributed by atoms with Crippen LogP contribution in [0.1, 0.15) is 26.2 Å². The lowest BCUT2D eigenvalue weighted by molar-refractivity contribution is -0.135. The van der Waals surface area contributed by atoms with E-state index in [4.69, 9.17) is 0 Å². The van der Waals surface area contributed by atoms with Crippen LogP contribution in [0.25, 0.3) is 0 Å². The number of hydrazine groups is 1. The van der Waals surface area contributed by atoms with Gasteiger partial charge in [-0.2, -0.15) is 13.2 Å². The van der Waals surface area contributed by atoms with E-state index in [1.807, 2.05) is 0 Å². The summed E-state index contributed by atoms with van der Waals surface area (Å²) in [6, 6.07) is 0. The van der Waals surface area contributed by atoms with Crippen molar-refractivity contribution in [3.63, 3.8) is 0 Å². The topological polar surface area (TPSA) is 24.1 Å². The summed E-state index contributed by atoms with van der Waals surface area (Å²) in [4.78, 5) is 0. The van der Waals surface area contributed by atoms with E-state index >= 15 is 0 Å². The summed E-state index contributed by atoms with van der Waals surface area (Å²) in [5.74, 6) is -2.82. The first kappa shape index (κ1) is 14.6. The molecular formula is C8H15F5N2. The molecule has 0 saturated carbocycles. The van der Waals surface area contributed by atoms with Crippen LogP contribution >= 0.6 is 0 Å². The van der Waals surface area contributed by atoms with E-state index in [2.05, 4.69) is 10.9 Å². The lowest BCUT2D eigenvalue weighted by atomic mass is 10.3. The summed E-state index contributed by atoms with van der Waals surface area (Å²) in [5, 5.41) is 0. The molecule has 0 atom stereocenters. The van der Waals surface area contributed by atoms with Crippen molar-refractivity contribution in [1.29, 1.82) is 0 Å². The maximum Gasteiger partial charge on any atom is 0.389 e. The highest BCUT2D eigenvalue weighted by atomic mass is 19.4. The number of alkyl halides is 5. The average Bonchev–Trinajstić information content (AvgIpc) is 2.09. The van der Waals surface area contributed by atoms with Crippen molar-refractivity contribution in [3.8, 4) is 0 Å². The van der Waals surface area contributed by atoms with Crippen molar-refractivity contribution in [2.24, 2.45) is 0 Å². The third kappa shape index (κ3) is 9.86. The molecule has 0 bridgehead atoms. The average molecular weight is 234 g/mol. The van der Waals surface area contributed by atoms with Crippen LogP contribution in [0.3, 0.4) is 0 Å². The molecule has 0 aromatic carbocycles. The van der Waals surface area contributed by atoms with Crippen LogP contribution in [0.15, 0.2) is 0 Å². The Hall–Kier alpha value is -0.430. The highest BCUT2D eigenvalue weighted by Gasteiger charge is 2.26. The van der Waals surface area contributed by atoms with Gasteiger partial charge in [-0.3, -0.25) is 10.9 Å². The van der Waals surface area contributed by atoms with Crippen molar-refractivity contribution in [1.82, 2.24) is 10.9 Å². The molecule has 0 rings (SSSR count). The van der Waals surface area contributed by atoms with Crippen LogP contribution in [0.2, 0.25) is 0 Å². The van der Waals surface area contributed by atoms with Gasteiger partial charge in [0.2, 0.25) is 0 Å². The molecule has 0 aliphatic carbocycles. The summed E-state index contributed by atoms with van der Waals surface area (Å²) in [5.41, 5.74) is 4.51. The quantitative estimate of drug-likeness (QED) is 0.401. The highest BCUT2D eigenvalue weighted by Crippen LogP contribution is 2.20.